The molecule has 0 saturated heterocycles. The van der Waals surface area contributed by atoms with E-state index < -0.39 is 10.0 Å². The minimum Gasteiger partial charge on any atom is -0.355 e. The lowest BCUT2D eigenvalue weighted by molar-refractivity contribution is -0.119. The van der Waals surface area contributed by atoms with E-state index in [9.17, 15) is 13.2 Å². The van der Waals surface area contributed by atoms with E-state index in [0.717, 1.165) is 10.6 Å². The summed E-state index contributed by atoms with van der Waals surface area (Å²) >= 11 is 0. The number of carbonyl (C=O) groups is 1. The molecule has 0 aliphatic rings. The van der Waals surface area contributed by atoms with Crippen molar-refractivity contribution in [1.29, 1.82) is 0 Å². The van der Waals surface area contributed by atoms with Gasteiger partial charge in [-0.25, -0.2) is 8.42 Å². The molecule has 94 valence electrons. The molecule has 0 saturated carbocycles. The highest BCUT2D eigenvalue weighted by molar-refractivity contribution is 7.92. The fraction of sp³-hybridized carbons (Fsp3) is 0.364. The third-order valence-corrected chi connectivity index (χ3v) is 3.25. The fourth-order valence-electron chi connectivity index (χ4n) is 1.38. The zero-order valence-electron chi connectivity index (χ0n) is 9.88. The number of hydrogen-bond acceptors (Lipinski definition) is 3. The van der Waals surface area contributed by atoms with Crippen molar-refractivity contribution in [2.45, 2.75) is 6.92 Å². The quantitative estimate of drug-likeness (QED) is 0.838. The van der Waals surface area contributed by atoms with E-state index in [2.05, 4.69) is 5.32 Å². The van der Waals surface area contributed by atoms with Crippen LogP contribution in [0, 0.1) is 0 Å². The van der Waals surface area contributed by atoms with Crippen LogP contribution in [0.3, 0.4) is 0 Å². The smallest absolute Gasteiger partial charge is 0.240 e. The van der Waals surface area contributed by atoms with Gasteiger partial charge in [-0.3, -0.25) is 9.10 Å². The van der Waals surface area contributed by atoms with Gasteiger partial charge in [0.05, 0.1) is 11.9 Å². The molecule has 6 heteroatoms. The number of anilines is 1. The van der Waals surface area contributed by atoms with Crippen molar-refractivity contribution in [2.75, 3.05) is 23.7 Å². The van der Waals surface area contributed by atoms with Gasteiger partial charge in [-0.05, 0) is 19.1 Å². The van der Waals surface area contributed by atoms with E-state index in [4.69, 9.17) is 0 Å². The second-order valence-electron chi connectivity index (χ2n) is 3.56. The van der Waals surface area contributed by atoms with Crippen molar-refractivity contribution in [3.8, 4) is 0 Å². The SMILES string of the molecule is CCNC(=O)CN(c1ccccc1)S(C)(=O)=O. The average Bonchev–Trinajstić information content (AvgIpc) is 2.26. The number of likely N-dealkylation sites (N-methyl/N-ethyl adjacent to an activating group) is 1. The molecular weight excluding hydrogens is 240 g/mol. The predicted molar refractivity (Wildman–Crippen MR) is 67.3 cm³/mol. The highest BCUT2D eigenvalue weighted by Crippen LogP contribution is 2.15. The lowest BCUT2D eigenvalue weighted by atomic mass is 10.3. The van der Waals surface area contributed by atoms with Gasteiger partial charge in [0.15, 0.2) is 0 Å². The lowest BCUT2D eigenvalue weighted by Gasteiger charge is -2.21. The minimum absolute atomic E-state index is 0.198. The Labute approximate surface area is 101 Å². The van der Waals surface area contributed by atoms with Crippen LogP contribution in [0.15, 0.2) is 30.3 Å². The zero-order valence-corrected chi connectivity index (χ0v) is 10.7. The summed E-state index contributed by atoms with van der Waals surface area (Å²) in [4.78, 5) is 11.5. The molecule has 0 aliphatic heterocycles. The molecule has 17 heavy (non-hydrogen) atoms. The molecule has 0 fully saturated rings. The van der Waals surface area contributed by atoms with Crippen molar-refractivity contribution in [1.82, 2.24) is 5.32 Å². The Kier molecular flexibility index (Phi) is 4.51. The number of carbonyl (C=O) groups excluding carboxylic acids is 1. The van der Waals surface area contributed by atoms with Crippen LogP contribution in [-0.4, -0.2) is 33.7 Å². The summed E-state index contributed by atoms with van der Waals surface area (Å²) in [5.74, 6) is -0.318. The molecule has 0 unspecified atom stereocenters. The van der Waals surface area contributed by atoms with Crippen molar-refractivity contribution in [3.63, 3.8) is 0 Å². The normalized spacial score (nSPS) is 10.9. The van der Waals surface area contributed by atoms with Crippen LogP contribution < -0.4 is 9.62 Å². The molecular formula is C11H16N2O3S. The Balaban J connectivity index is 2.95. The second-order valence-corrected chi connectivity index (χ2v) is 5.47. The van der Waals surface area contributed by atoms with E-state index >= 15 is 0 Å². The first-order chi connectivity index (χ1) is 7.95. The van der Waals surface area contributed by atoms with Gasteiger partial charge in [0.1, 0.15) is 6.54 Å². The summed E-state index contributed by atoms with van der Waals surface area (Å²) in [6.45, 7) is 2.06. The monoisotopic (exact) mass is 256 g/mol. The summed E-state index contributed by atoms with van der Waals surface area (Å²) in [5, 5.41) is 2.57. The van der Waals surface area contributed by atoms with Crippen molar-refractivity contribution >= 4 is 21.6 Å². The first-order valence-electron chi connectivity index (χ1n) is 5.24. The molecule has 0 aliphatic carbocycles. The Morgan fingerprint density at radius 2 is 1.88 bits per heavy atom. The van der Waals surface area contributed by atoms with E-state index in [1.807, 2.05) is 0 Å². The first-order valence-corrected chi connectivity index (χ1v) is 7.09. The zero-order chi connectivity index (χ0) is 12.9. The Hall–Kier alpha value is -1.56. The largest absolute Gasteiger partial charge is 0.355 e. The van der Waals surface area contributed by atoms with Gasteiger partial charge in [-0.2, -0.15) is 0 Å². The minimum atomic E-state index is -3.46. The summed E-state index contributed by atoms with van der Waals surface area (Å²) in [6.07, 6.45) is 1.08. The Bertz CT molecular complexity index is 471. The second kappa shape index (κ2) is 5.67. The van der Waals surface area contributed by atoms with Crippen LogP contribution in [-0.2, 0) is 14.8 Å². The summed E-state index contributed by atoms with van der Waals surface area (Å²) in [6, 6.07) is 8.55. The maximum Gasteiger partial charge on any atom is 0.240 e. The molecule has 0 aromatic heterocycles. The van der Waals surface area contributed by atoms with Gasteiger partial charge in [0.25, 0.3) is 0 Å². The molecule has 0 spiro atoms. The van der Waals surface area contributed by atoms with Crippen LogP contribution in [0.2, 0.25) is 0 Å². The number of benzene rings is 1. The molecule has 1 N–H and O–H groups in total. The molecule has 0 heterocycles. The maximum absolute atomic E-state index is 11.6. The molecule has 1 amide bonds. The highest BCUT2D eigenvalue weighted by atomic mass is 32.2. The van der Waals surface area contributed by atoms with Gasteiger partial charge >= 0.3 is 0 Å². The summed E-state index contributed by atoms with van der Waals surface area (Å²) in [5.41, 5.74) is 0.487. The van der Waals surface area contributed by atoms with Crippen molar-refractivity contribution < 1.29 is 13.2 Å². The number of sulfonamides is 1. The Morgan fingerprint density at radius 1 is 1.29 bits per heavy atom. The van der Waals surface area contributed by atoms with E-state index in [1.54, 1.807) is 37.3 Å². The molecule has 1 rings (SSSR count). The average molecular weight is 256 g/mol. The number of amides is 1. The van der Waals surface area contributed by atoms with Gasteiger partial charge < -0.3 is 5.32 Å². The Morgan fingerprint density at radius 3 is 2.35 bits per heavy atom. The number of para-hydroxylation sites is 1. The number of hydrogen-bond donors (Lipinski definition) is 1. The standard InChI is InChI=1S/C11H16N2O3S/c1-3-12-11(14)9-13(17(2,15)16)10-7-5-4-6-8-10/h4-8H,3,9H2,1-2H3,(H,12,14). The molecule has 0 radical (unpaired) electrons. The van der Waals surface area contributed by atoms with Crippen LogP contribution >= 0.6 is 0 Å². The van der Waals surface area contributed by atoms with Crippen LogP contribution in [0.5, 0.6) is 0 Å². The van der Waals surface area contributed by atoms with Crippen LogP contribution in [0.4, 0.5) is 5.69 Å². The highest BCUT2D eigenvalue weighted by Gasteiger charge is 2.19. The molecule has 1 aromatic rings. The van der Waals surface area contributed by atoms with Crippen molar-refractivity contribution in [2.24, 2.45) is 0 Å². The first kappa shape index (κ1) is 13.5. The van der Waals surface area contributed by atoms with Gasteiger partial charge in [0.2, 0.25) is 15.9 Å². The molecule has 5 nitrogen and oxygen atoms in total. The lowest BCUT2D eigenvalue weighted by Crippen LogP contribution is -2.40. The van der Waals surface area contributed by atoms with Gasteiger partial charge in [0, 0.05) is 6.54 Å². The topological polar surface area (TPSA) is 66.5 Å². The maximum atomic E-state index is 11.6. The number of nitrogens with zero attached hydrogens (tertiary/aromatic N) is 1. The number of rotatable bonds is 5. The predicted octanol–water partition coefficient (Wildman–Crippen LogP) is 0.589. The van der Waals surface area contributed by atoms with E-state index in [1.165, 1.54) is 0 Å². The van der Waals surface area contributed by atoms with Gasteiger partial charge in [-0.15, -0.1) is 0 Å². The van der Waals surface area contributed by atoms with E-state index in [-0.39, 0.29) is 12.5 Å². The number of nitrogens with one attached hydrogen (secondary N) is 1. The molecule has 0 bridgehead atoms. The molecule has 1 aromatic carbocycles. The van der Waals surface area contributed by atoms with Crippen LogP contribution in [0.1, 0.15) is 6.92 Å². The molecule has 0 atom stereocenters. The fourth-order valence-corrected chi connectivity index (χ4v) is 2.23. The van der Waals surface area contributed by atoms with E-state index in [0.29, 0.717) is 12.2 Å². The van der Waals surface area contributed by atoms with Gasteiger partial charge in [-0.1, -0.05) is 18.2 Å². The van der Waals surface area contributed by atoms with Crippen molar-refractivity contribution in [3.05, 3.63) is 30.3 Å². The summed E-state index contributed by atoms with van der Waals surface area (Å²) in [7, 11) is -3.46. The summed E-state index contributed by atoms with van der Waals surface area (Å²) < 4.78 is 24.3. The van der Waals surface area contributed by atoms with Crippen LogP contribution in [0.25, 0.3) is 0 Å². The third kappa shape index (κ3) is 4.07. The third-order valence-electron chi connectivity index (χ3n) is 2.11.